The van der Waals surface area contributed by atoms with Gasteiger partial charge in [0.15, 0.2) is 0 Å². The summed E-state index contributed by atoms with van der Waals surface area (Å²) in [7, 11) is -0.688. The van der Waals surface area contributed by atoms with E-state index in [1.165, 1.54) is 9.75 Å². The molecule has 2 unspecified atom stereocenters. The smallest absolute Gasteiger partial charge is 0.241 e. The zero-order chi connectivity index (χ0) is 14.3. The van der Waals surface area contributed by atoms with Gasteiger partial charge < -0.3 is 4.90 Å². The maximum absolute atomic E-state index is 12.5. The van der Waals surface area contributed by atoms with Gasteiger partial charge in [0.2, 0.25) is 5.91 Å². The lowest BCUT2D eigenvalue weighted by molar-refractivity contribution is -0.132. The van der Waals surface area contributed by atoms with E-state index in [2.05, 4.69) is 24.4 Å². The molecule has 1 N–H and O–H groups in total. The minimum absolute atomic E-state index is 0.00673. The Kier molecular flexibility index (Phi) is 3.97. The summed E-state index contributed by atoms with van der Waals surface area (Å²) in [4.78, 5) is 16.9. The van der Waals surface area contributed by atoms with Crippen molar-refractivity contribution in [2.24, 2.45) is 0 Å². The summed E-state index contributed by atoms with van der Waals surface area (Å²) < 4.78 is 11.5. The fraction of sp³-hybridized carbons (Fsp3) is 0.643. The maximum Gasteiger partial charge on any atom is 0.241 e. The van der Waals surface area contributed by atoms with E-state index < -0.39 is 10.8 Å². The van der Waals surface area contributed by atoms with Gasteiger partial charge in [-0.3, -0.25) is 14.3 Å². The summed E-state index contributed by atoms with van der Waals surface area (Å²) in [5.74, 6) is 1.62. The molecule has 0 aliphatic carbocycles. The van der Waals surface area contributed by atoms with Crippen LogP contribution in [-0.2, 0) is 15.6 Å². The molecule has 2 aliphatic rings. The highest BCUT2D eigenvalue weighted by molar-refractivity contribution is 7.85. The molecule has 0 aromatic carbocycles. The van der Waals surface area contributed by atoms with Crippen molar-refractivity contribution < 1.29 is 9.00 Å². The van der Waals surface area contributed by atoms with Crippen LogP contribution in [0.1, 0.15) is 35.7 Å². The van der Waals surface area contributed by atoms with Crippen LogP contribution in [0.25, 0.3) is 0 Å². The van der Waals surface area contributed by atoms with Crippen molar-refractivity contribution in [1.82, 2.24) is 10.2 Å². The number of nitrogens with one attached hydrogen (secondary N) is 1. The Morgan fingerprint density at radius 2 is 2.05 bits per heavy atom. The van der Waals surface area contributed by atoms with Gasteiger partial charge in [-0.25, -0.2) is 0 Å². The molecular weight excluding hydrogens is 292 g/mol. The third-order valence-electron chi connectivity index (χ3n) is 4.09. The van der Waals surface area contributed by atoms with E-state index in [4.69, 9.17) is 0 Å². The Balaban J connectivity index is 1.85. The van der Waals surface area contributed by atoms with Crippen LogP contribution in [-0.4, -0.2) is 38.6 Å². The Labute approximate surface area is 126 Å². The molecule has 2 saturated heterocycles. The molecule has 20 heavy (non-hydrogen) atoms. The van der Waals surface area contributed by atoms with Crippen molar-refractivity contribution in [3.63, 3.8) is 0 Å². The lowest BCUT2D eigenvalue weighted by atomic mass is 10.1. The molecule has 0 bridgehead atoms. The summed E-state index contributed by atoms with van der Waals surface area (Å²) >= 11 is 1.74. The van der Waals surface area contributed by atoms with Crippen molar-refractivity contribution in [1.29, 1.82) is 0 Å². The normalized spacial score (nSPS) is 34.7. The summed E-state index contributed by atoms with van der Waals surface area (Å²) in [5, 5.41) is 3.40. The molecule has 1 aromatic heterocycles. The van der Waals surface area contributed by atoms with Crippen molar-refractivity contribution >= 4 is 28.0 Å². The van der Waals surface area contributed by atoms with Crippen LogP contribution >= 0.6 is 11.3 Å². The molecule has 0 spiro atoms. The quantitative estimate of drug-likeness (QED) is 0.906. The SMILES string of the molecule is Cc1ccc(C2NC(C)C(=O)N2C2CCS(=O)CC2)s1. The molecule has 2 fully saturated rings. The van der Waals surface area contributed by atoms with Crippen molar-refractivity contribution in [2.45, 2.75) is 44.9 Å². The van der Waals surface area contributed by atoms with E-state index in [1.54, 1.807) is 11.3 Å². The molecule has 1 aromatic rings. The first kappa shape index (κ1) is 14.2. The van der Waals surface area contributed by atoms with Crippen LogP contribution in [0.5, 0.6) is 0 Å². The first-order chi connectivity index (χ1) is 9.56. The van der Waals surface area contributed by atoms with E-state index in [0.29, 0.717) is 0 Å². The Hall–Kier alpha value is -0.720. The van der Waals surface area contributed by atoms with Gasteiger partial charge in [-0.05, 0) is 38.8 Å². The number of carbonyl (C=O) groups is 1. The van der Waals surface area contributed by atoms with Crippen LogP contribution < -0.4 is 5.32 Å². The second-order valence-electron chi connectivity index (χ2n) is 5.56. The lowest BCUT2D eigenvalue weighted by Crippen LogP contribution is -2.43. The molecule has 2 atom stereocenters. The van der Waals surface area contributed by atoms with E-state index >= 15 is 0 Å². The first-order valence-corrected chi connectivity index (χ1v) is 9.36. The zero-order valence-electron chi connectivity index (χ0n) is 11.8. The predicted octanol–water partition coefficient (Wildman–Crippen LogP) is 1.79. The van der Waals surface area contributed by atoms with Crippen molar-refractivity contribution in [3.8, 4) is 0 Å². The molecule has 6 heteroatoms. The van der Waals surface area contributed by atoms with Gasteiger partial charge in [-0.1, -0.05) is 0 Å². The third kappa shape index (κ3) is 2.56. The monoisotopic (exact) mass is 312 g/mol. The number of hydrogen-bond donors (Lipinski definition) is 1. The van der Waals surface area contributed by atoms with Gasteiger partial charge in [0.1, 0.15) is 6.17 Å². The fourth-order valence-electron chi connectivity index (χ4n) is 3.01. The largest absolute Gasteiger partial charge is 0.318 e. The number of amides is 1. The van der Waals surface area contributed by atoms with Crippen LogP contribution in [0.3, 0.4) is 0 Å². The van der Waals surface area contributed by atoms with Gasteiger partial charge in [0, 0.05) is 38.1 Å². The van der Waals surface area contributed by atoms with Crippen LogP contribution in [0.15, 0.2) is 12.1 Å². The average Bonchev–Trinajstić information content (AvgIpc) is 2.97. The highest BCUT2D eigenvalue weighted by Crippen LogP contribution is 2.34. The third-order valence-corrected chi connectivity index (χ3v) is 6.53. The highest BCUT2D eigenvalue weighted by atomic mass is 32.2. The van der Waals surface area contributed by atoms with Gasteiger partial charge in [-0.2, -0.15) is 0 Å². The molecule has 3 rings (SSSR count). The van der Waals surface area contributed by atoms with Crippen LogP contribution in [0.2, 0.25) is 0 Å². The van der Waals surface area contributed by atoms with Gasteiger partial charge >= 0.3 is 0 Å². The van der Waals surface area contributed by atoms with Crippen molar-refractivity contribution in [3.05, 3.63) is 21.9 Å². The minimum atomic E-state index is -0.688. The standard InChI is InChI=1S/C14H20N2O2S2/c1-9-3-4-12(19-9)13-15-10(2)14(17)16(13)11-5-7-20(18)8-6-11/h3-4,10-11,13,15H,5-8H2,1-2H3. The average molecular weight is 312 g/mol. The molecular formula is C14H20N2O2S2. The van der Waals surface area contributed by atoms with Crippen LogP contribution in [0, 0.1) is 6.92 Å². The number of aryl methyl sites for hydroxylation is 1. The molecule has 4 nitrogen and oxygen atoms in total. The maximum atomic E-state index is 12.5. The number of carbonyl (C=O) groups excluding carboxylic acids is 1. The predicted molar refractivity (Wildman–Crippen MR) is 82.1 cm³/mol. The van der Waals surface area contributed by atoms with Crippen LogP contribution in [0.4, 0.5) is 0 Å². The molecule has 0 radical (unpaired) electrons. The molecule has 1 amide bonds. The Bertz CT molecular complexity index is 533. The topological polar surface area (TPSA) is 49.4 Å². The van der Waals surface area contributed by atoms with E-state index in [-0.39, 0.29) is 24.2 Å². The minimum Gasteiger partial charge on any atom is -0.318 e. The number of rotatable bonds is 2. The highest BCUT2D eigenvalue weighted by Gasteiger charge is 2.42. The van der Waals surface area contributed by atoms with Gasteiger partial charge in [-0.15, -0.1) is 11.3 Å². The van der Waals surface area contributed by atoms with Crippen molar-refractivity contribution in [2.75, 3.05) is 11.5 Å². The molecule has 110 valence electrons. The molecule has 2 aliphatic heterocycles. The Morgan fingerprint density at radius 1 is 1.35 bits per heavy atom. The van der Waals surface area contributed by atoms with E-state index in [1.807, 2.05) is 11.8 Å². The number of thiophene rings is 1. The molecule has 0 saturated carbocycles. The summed E-state index contributed by atoms with van der Waals surface area (Å²) in [6.07, 6.45) is 1.70. The van der Waals surface area contributed by atoms with Gasteiger partial charge in [0.05, 0.1) is 6.04 Å². The summed E-state index contributed by atoms with van der Waals surface area (Å²) in [6.45, 7) is 4.01. The van der Waals surface area contributed by atoms with E-state index in [0.717, 1.165) is 24.3 Å². The summed E-state index contributed by atoms with van der Waals surface area (Å²) in [5.41, 5.74) is 0. The second-order valence-corrected chi connectivity index (χ2v) is 8.58. The number of hydrogen-bond acceptors (Lipinski definition) is 4. The summed E-state index contributed by atoms with van der Waals surface area (Å²) in [6, 6.07) is 4.31. The first-order valence-electron chi connectivity index (χ1n) is 7.06. The molecule has 3 heterocycles. The number of nitrogens with zero attached hydrogens (tertiary/aromatic N) is 1. The fourth-order valence-corrected chi connectivity index (χ4v) is 5.22. The van der Waals surface area contributed by atoms with Gasteiger partial charge in [0.25, 0.3) is 0 Å². The Morgan fingerprint density at radius 3 is 2.65 bits per heavy atom. The zero-order valence-corrected chi connectivity index (χ0v) is 13.4. The lowest BCUT2D eigenvalue weighted by Gasteiger charge is -2.34. The van der Waals surface area contributed by atoms with E-state index in [9.17, 15) is 9.00 Å². The second kappa shape index (κ2) is 5.58.